The highest BCUT2D eigenvalue weighted by Gasteiger charge is 2.30. The van der Waals surface area contributed by atoms with E-state index in [0.717, 1.165) is 42.5 Å². The summed E-state index contributed by atoms with van der Waals surface area (Å²) in [5.41, 5.74) is -1.82. The number of hydrogen-bond acceptors (Lipinski definition) is 2. The van der Waals surface area contributed by atoms with Gasteiger partial charge in [0.2, 0.25) is 0 Å². The molecule has 0 aliphatic carbocycles. The summed E-state index contributed by atoms with van der Waals surface area (Å²) in [7, 11) is 0. The topological polar surface area (TPSA) is 58.2 Å². The molecule has 3 rings (SSSR count). The van der Waals surface area contributed by atoms with Gasteiger partial charge in [-0.3, -0.25) is 9.59 Å². The summed E-state index contributed by atoms with van der Waals surface area (Å²) in [6, 6.07) is 14.1. The van der Waals surface area contributed by atoms with Crippen molar-refractivity contribution < 1.29 is 31.5 Å². The number of rotatable bonds is 5. The molecule has 0 bridgehead atoms. The van der Waals surface area contributed by atoms with E-state index in [1.165, 1.54) is 36.4 Å². The Morgan fingerprint density at radius 2 is 1.12 bits per heavy atom. The molecule has 0 atom stereocenters. The fraction of sp³-hybridized carbons (Fsp3) is 0.0435. The smallest absolute Gasteiger partial charge is 0.319 e. The normalized spacial score (nSPS) is 10.9. The number of halogens is 5. The second-order valence-electron chi connectivity index (χ2n) is 6.55. The van der Waals surface area contributed by atoms with Gasteiger partial charge in [0, 0.05) is 0 Å². The van der Waals surface area contributed by atoms with E-state index in [-0.39, 0.29) is 16.9 Å². The summed E-state index contributed by atoms with van der Waals surface area (Å²) >= 11 is 0. The number of anilines is 2. The molecule has 0 saturated heterocycles. The van der Waals surface area contributed by atoms with Gasteiger partial charge in [0.1, 0.15) is 17.2 Å². The van der Waals surface area contributed by atoms with Crippen molar-refractivity contribution in [2.24, 2.45) is 0 Å². The molecule has 9 heteroatoms. The fourth-order valence-electron chi connectivity index (χ4n) is 2.67. The maximum absolute atomic E-state index is 13.9. The van der Waals surface area contributed by atoms with Crippen LogP contribution in [0.2, 0.25) is 0 Å². The van der Waals surface area contributed by atoms with E-state index in [0.29, 0.717) is 0 Å². The van der Waals surface area contributed by atoms with Crippen molar-refractivity contribution in [2.75, 3.05) is 10.6 Å². The molecular formula is C23H15F5N2O2. The molecule has 0 aliphatic heterocycles. The number of carbonyl (C=O) groups excluding carboxylic acids is 2. The van der Waals surface area contributed by atoms with E-state index in [1.807, 2.05) is 0 Å². The van der Waals surface area contributed by atoms with Gasteiger partial charge in [-0.05, 0) is 48.0 Å². The van der Waals surface area contributed by atoms with Crippen LogP contribution in [-0.2, 0) is 15.8 Å². The minimum absolute atomic E-state index is 0.0976. The minimum atomic E-state index is -4.56. The third kappa shape index (κ3) is 5.57. The molecule has 3 aromatic rings. The highest BCUT2D eigenvalue weighted by molar-refractivity contribution is 6.28. The van der Waals surface area contributed by atoms with Crippen LogP contribution in [0.1, 0.15) is 11.1 Å². The van der Waals surface area contributed by atoms with Crippen molar-refractivity contribution in [3.63, 3.8) is 0 Å². The molecule has 3 aromatic carbocycles. The van der Waals surface area contributed by atoms with Crippen LogP contribution in [-0.4, -0.2) is 11.8 Å². The summed E-state index contributed by atoms with van der Waals surface area (Å²) in [6.07, 6.45) is -3.54. The molecule has 0 radical (unpaired) electrons. The SMILES string of the molecule is O=C(Nc1ccccc1F)C(=Cc1ccc(C(F)(F)F)cc1)C(=O)Nc1ccccc1F. The summed E-state index contributed by atoms with van der Waals surface area (Å²) in [5.74, 6) is -3.60. The predicted molar refractivity (Wildman–Crippen MR) is 109 cm³/mol. The Labute approximate surface area is 179 Å². The quantitative estimate of drug-likeness (QED) is 0.231. The van der Waals surface area contributed by atoms with Crippen LogP contribution in [0.3, 0.4) is 0 Å². The lowest BCUT2D eigenvalue weighted by atomic mass is 10.1. The lowest BCUT2D eigenvalue weighted by molar-refractivity contribution is -0.137. The van der Waals surface area contributed by atoms with Crippen LogP contribution < -0.4 is 10.6 Å². The van der Waals surface area contributed by atoms with E-state index in [1.54, 1.807) is 0 Å². The fourth-order valence-corrected chi connectivity index (χ4v) is 2.67. The summed E-state index contributed by atoms with van der Waals surface area (Å²) in [5, 5.41) is 4.46. The minimum Gasteiger partial charge on any atom is -0.319 e. The van der Waals surface area contributed by atoms with Gasteiger partial charge in [0.05, 0.1) is 16.9 Å². The van der Waals surface area contributed by atoms with E-state index in [2.05, 4.69) is 10.6 Å². The predicted octanol–water partition coefficient (Wildman–Crippen LogP) is 5.64. The van der Waals surface area contributed by atoms with Gasteiger partial charge in [0.15, 0.2) is 0 Å². The lowest BCUT2D eigenvalue weighted by Crippen LogP contribution is -2.26. The molecular weight excluding hydrogens is 431 g/mol. The molecule has 0 aromatic heterocycles. The summed E-state index contributed by atoms with van der Waals surface area (Å²) in [6.45, 7) is 0. The first-order valence-electron chi connectivity index (χ1n) is 9.16. The van der Waals surface area contributed by atoms with Gasteiger partial charge >= 0.3 is 6.18 Å². The van der Waals surface area contributed by atoms with Crippen LogP contribution in [0.15, 0.2) is 78.4 Å². The van der Waals surface area contributed by atoms with Crippen LogP contribution in [0.5, 0.6) is 0 Å². The van der Waals surface area contributed by atoms with E-state index >= 15 is 0 Å². The van der Waals surface area contributed by atoms with Crippen molar-refractivity contribution >= 4 is 29.3 Å². The van der Waals surface area contributed by atoms with Crippen molar-refractivity contribution in [1.29, 1.82) is 0 Å². The Balaban J connectivity index is 1.95. The van der Waals surface area contributed by atoms with Crippen LogP contribution in [0.25, 0.3) is 6.08 Å². The monoisotopic (exact) mass is 446 g/mol. The highest BCUT2D eigenvalue weighted by Crippen LogP contribution is 2.29. The van der Waals surface area contributed by atoms with E-state index < -0.39 is 40.8 Å². The van der Waals surface area contributed by atoms with Crippen molar-refractivity contribution in [2.45, 2.75) is 6.18 Å². The third-order valence-electron chi connectivity index (χ3n) is 4.28. The van der Waals surface area contributed by atoms with Crippen LogP contribution >= 0.6 is 0 Å². The van der Waals surface area contributed by atoms with Gasteiger partial charge in [-0.2, -0.15) is 13.2 Å². The molecule has 0 fully saturated rings. The Kier molecular flexibility index (Phi) is 6.67. The van der Waals surface area contributed by atoms with Gasteiger partial charge in [0.25, 0.3) is 11.8 Å². The number of amides is 2. The molecule has 32 heavy (non-hydrogen) atoms. The van der Waals surface area contributed by atoms with Gasteiger partial charge < -0.3 is 10.6 Å². The van der Waals surface area contributed by atoms with Crippen molar-refractivity contribution in [1.82, 2.24) is 0 Å². The van der Waals surface area contributed by atoms with Gasteiger partial charge in [-0.15, -0.1) is 0 Å². The molecule has 164 valence electrons. The number of para-hydroxylation sites is 2. The third-order valence-corrected chi connectivity index (χ3v) is 4.28. The Morgan fingerprint density at radius 1 is 0.688 bits per heavy atom. The standard InChI is InChI=1S/C23H15F5N2O2/c24-17-5-1-3-7-19(17)29-21(31)16(22(32)30-20-8-4-2-6-18(20)25)13-14-9-11-15(12-10-14)23(26,27)28/h1-13H,(H,29,31)(H,30,32). The van der Waals surface area contributed by atoms with E-state index in [4.69, 9.17) is 0 Å². The first kappa shape index (κ1) is 22.7. The first-order valence-corrected chi connectivity index (χ1v) is 9.16. The average molecular weight is 446 g/mol. The molecule has 0 saturated carbocycles. The van der Waals surface area contributed by atoms with Gasteiger partial charge in [-0.25, -0.2) is 8.78 Å². The zero-order valence-electron chi connectivity index (χ0n) is 16.2. The second-order valence-corrected chi connectivity index (χ2v) is 6.55. The Bertz CT molecular complexity index is 1110. The van der Waals surface area contributed by atoms with E-state index in [9.17, 15) is 31.5 Å². The number of nitrogens with one attached hydrogen (secondary N) is 2. The van der Waals surface area contributed by atoms with Crippen LogP contribution in [0, 0.1) is 11.6 Å². The summed E-state index contributed by atoms with van der Waals surface area (Å²) in [4.78, 5) is 25.5. The molecule has 0 unspecified atom stereocenters. The number of carbonyl (C=O) groups is 2. The number of hydrogen-bond donors (Lipinski definition) is 2. The highest BCUT2D eigenvalue weighted by atomic mass is 19.4. The largest absolute Gasteiger partial charge is 0.416 e. The zero-order chi connectivity index (χ0) is 23.3. The molecule has 4 nitrogen and oxygen atoms in total. The maximum Gasteiger partial charge on any atom is 0.416 e. The Morgan fingerprint density at radius 3 is 1.53 bits per heavy atom. The molecule has 2 amide bonds. The Hall–Kier alpha value is -4.01. The van der Waals surface area contributed by atoms with Gasteiger partial charge in [-0.1, -0.05) is 36.4 Å². The summed E-state index contributed by atoms with van der Waals surface area (Å²) < 4.78 is 66.2. The average Bonchev–Trinajstić information content (AvgIpc) is 2.75. The maximum atomic E-state index is 13.9. The molecule has 0 spiro atoms. The molecule has 2 N–H and O–H groups in total. The molecule has 0 heterocycles. The number of alkyl halides is 3. The zero-order valence-corrected chi connectivity index (χ0v) is 16.2. The lowest BCUT2D eigenvalue weighted by Gasteiger charge is -2.12. The van der Waals surface area contributed by atoms with Crippen molar-refractivity contribution in [3.8, 4) is 0 Å². The van der Waals surface area contributed by atoms with Crippen molar-refractivity contribution in [3.05, 3.63) is 101 Å². The van der Waals surface area contributed by atoms with Crippen LogP contribution in [0.4, 0.5) is 33.3 Å². The number of benzene rings is 3. The first-order chi connectivity index (χ1) is 15.1. The molecule has 0 aliphatic rings. The second kappa shape index (κ2) is 9.42.